The molecular formula is C20H15FN8O4. The second-order valence-electron chi connectivity index (χ2n) is 6.91. The van der Waals surface area contributed by atoms with Crippen LogP contribution in [0.15, 0.2) is 53.3 Å². The molecule has 0 bridgehead atoms. The molecule has 0 aliphatic rings. The van der Waals surface area contributed by atoms with E-state index in [1.807, 2.05) is 0 Å². The Morgan fingerprint density at radius 1 is 1.09 bits per heavy atom. The van der Waals surface area contributed by atoms with Gasteiger partial charge >= 0.3 is 0 Å². The maximum Gasteiger partial charge on any atom is 0.294 e. The summed E-state index contributed by atoms with van der Waals surface area (Å²) in [6, 6.07) is 10.7. The van der Waals surface area contributed by atoms with Crippen molar-refractivity contribution < 1.29 is 14.1 Å². The summed E-state index contributed by atoms with van der Waals surface area (Å²) in [5, 5.41) is 28.8. The van der Waals surface area contributed by atoms with Crippen LogP contribution >= 0.6 is 0 Å². The van der Waals surface area contributed by atoms with Crippen molar-refractivity contribution in [3.63, 3.8) is 0 Å². The zero-order valence-electron chi connectivity index (χ0n) is 17.3. The summed E-state index contributed by atoms with van der Waals surface area (Å²) < 4.78 is 16.6. The van der Waals surface area contributed by atoms with Crippen molar-refractivity contribution in [1.29, 1.82) is 0 Å². The van der Waals surface area contributed by atoms with Gasteiger partial charge in [0.05, 0.1) is 4.92 Å². The van der Waals surface area contributed by atoms with E-state index < -0.39 is 27.8 Å². The highest BCUT2D eigenvalue weighted by Crippen LogP contribution is 2.23. The number of nitrogens with zero attached hydrogens (tertiary/aromatic N) is 7. The molecule has 2 heterocycles. The lowest BCUT2D eigenvalue weighted by Crippen LogP contribution is -2.27. The van der Waals surface area contributed by atoms with E-state index in [0.29, 0.717) is 11.5 Å². The molecule has 2 aromatic carbocycles. The Balaban J connectivity index is 1.72. The second kappa shape index (κ2) is 8.37. The van der Waals surface area contributed by atoms with Crippen molar-refractivity contribution in [1.82, 2.24) is 30.0 Å². The molecule has 0 unspecified atom stereocenters. The average molecular weight is 450 g/mol. The molecule has 0 saturated heterocycles. The highest BCUT2D eigenvalue weighted by atomic mass is 19.1. The van der Waals surface area contributed by atoms with Crippen LogP contribution in [-0.4, -0.2) is 40.8 Å². The fourth-order valence-corrected chi connectivity index (χ4v) is 3.14. The Labute approximate surface area is 184 Å². The van der Waals surface area contributed by atoms with Gasteiger partial charge in [-0.1, -0.05) is 12.1 Å². The van der Waals surface area contributed by atoms with Crippen LogP contribution in [0.2, 0.25) is 0 Å². The van der Waals surface area contributed by atoms with E-state index in [-0.39, 0.29) is 22.7 Å². The number of anilines is 1. The van der Waals surface area contributed by atoms with Gasteiger partial charge in [0, 0.05) is 23.5 Å². The molecule has 0 aliphatic heterocycles. The van der Waals surface area contributed by atoms with Gasteiger partial charge in [-0.05, 0) is 48.5 Å². The van der Waals surface area contributed by atoms with Gasteiger partial charge < -0.3 is 5.32 Å². The first-order chi connectivity index (χ1) is 15.8. The summed E-state index contributed by atoms with van der Waals surface area (Å²) in [6.07, 6.45) is 0. The van der Waals surface area contributed by atoms with Crippen LogP contribution in [0, 0.1) is 29.8 Å². The average Bonchev–Trinajstić information content (AvgIpc) is 3.20. The molecular weight excluding hydrogens is 435 g/mol. The summed E-state index contributed by atoms with van der Waals surface area (Å²) in [6.45, 7) is 3.11. The third-order valence-electron chi connectivity index (χ3n) is 4.69. The van der Waals surface area contributed by atoms with Crippen LogP contribution in [0.1, 0.15) is 22.0 Å². The van der Waals surface area contributed by atoms with E-state index in [1.54, 1.807) is 13.0 Å². The number of amides is 1. The molecule has 13 heteroatoms. The van der Waals surface area contributed by atoms with Crippen LogP contribution in [0.4, 0.5) is 15.8 Å². The summed E-state index contributed by atoms with van der Waals surface area (Å²) in [7, 11) is 0. The molecule has 4 aromatic rings. The number of nitro groups is 1. The Morgan fingerprint density at radius 3 is 2.55 bits per heavy atom. The zero-order chi connectivity index (χ0) is 23.7. The van der Waals surface area contributed by atoms with Gasteiger partial charge in [-0.3, -0.25) is 19.7 Å². The lowest BCUT2D eigenvalue weighted by atomic mass is 10.2. The first-order valence-electron chi connectivity index (χ1n) is 9.47. The minimum atomic E-state index is -0.877. The number of nitrogens with one attached hydrogen (secondary N) is 1. The lowest BCUT2D eigenvalue weighted by Gasteiger charge is -2.12. The van der Waals surface area contributed by atoms with Gasteiger partial charge in [-0.15, -0.1) is 5.10 Å². The molecule has 1 N–H and O–H groups in total. The normalized spacial score (nSPS) is 10.8. The molecule has 1 amide bonds. The Bertz CT molecular complexity index is 1460. The number of aromatic nitrogens is 6. The third kappa shape index (κ3) is 4.06. The van der Waals surface area contributed by atoms with Crippen LogP contribution in [-0.2, 0) is 0 Å². The number of benzene rings is 2. The molecule has 0 saturated carbocycles. The number of carbonyl (C=O) groups excluding carboxylic acids is 1. The van der Waals surface area contributed by atoms with Crippen LogP contribution in [0.5, 0.6) is 0 Å². The molecule has 4 rings (SSSR count). The maximum absolute atomic E-state index is 14.3. The number of hydrogen-bond acceptors (Lipinski definition) is 8. The summed E-state index contributed by atoms with van der Waals surface area (Å²) in [5.74, 6) is -1.18. The summed E-state index contributed by atoms with van der Waals surface area (Å²) in [5.41, 5.74) is -0.893. The molecule has 33 heavy (non-hydrogen) atoms. The first kappa shape index (κ1) is 21.4. The van der Waals surface area contributed by atoms with Crippen LogP contribution < -0.4 is 10.7 Å². The van der Waals surface area contributed by atoms with Crippen molar-refractivity contribution in [3.05, 3.63) is 91.9 Å². The van der Waals surface area contributed by atoms with Crippen molar-refractivity contribution in [2.45, 2.75) is 13.8 Å². The molecule has 12 nitrogen and oxygen atoms in total. The monoisotopic (exact) mass is 450 g/mol. The van der Waals surface area contributed by atoms with Gasteiger partial charge in [-0.2, -0.15) is 9.78 Å². The number of para-hydroxylation sites is 2. The van der Waals surface area contributed by atoms with Crippen molar-refractivity contribution >= 4 is 17.3 Å². The Kier molecular flexibility index (Phi) is 5.44. The van der Waals surface area contributed by atoms with Gasteiger partial charge in [0.25, 0.3) is 11.6 Å². The van der Waals surface area contributed by atoms with E-state index in [2.05, 4.69) is 25.9 Å². The topological polar surface area (TPSA) is 151 Å². The number of aryl methyl sites for hydroxylation is 2. The number of rotatable bonds is 5. The van der Waals surface area contributed by atoms with Crippen molar-refractivity contribution in [3.8, 4) is 11.4 Å². The third-order valence-corrected chi connectivity index (χ3v) is 4.69. The maximum atomic E-state index is 14.3. The minimum absolute atomic E-state index is 0.00973. The molecule has 0 radical (unpaired) electrons. The second-order valence-corrected chi connectivity index (χ2v) is 6.91. The largest absolute Gasteiger partial charge is 0.320 e. The van der Waals surface area contributed by atoms with E-state index in [1.165, 1.54) is 37.3 Å². The van der Waals surface area contributed by atoms with E-state index >= 15 is 0 Å². The first-order valence-corrected chi connectivity index (χ1v) is 9.47. The SMILES string of the molecule is Cc1cc(=O)c(C(=O)Nc2ccc(F)c(-n3nnnc3C)c2)nn1-c1ccccc1[N+](=O)[O-]. The van der Waals surface area contributed by atoms with E-state index in [9.17, 15) is 24.1 Å². The number of nitro benzene ring substituents is 1. The minimum Gasteiger partial charge on any atom is -0.320 e. The molecule has 166 valence electrons. The predicted octanol–water partition coefficient (Wildman–Crippen LogP) is 2.12. The molecule has 2 aromatic heterocycles. The van der Waals surface area contributed by atoms with Gasteiger partial charge in [0.2, 0.25) is 5.43 Å². The summed E-state index contributed by atoms with van der Waals surface area (Å²) in [4.78, 5) is 36.1. The number of halogens is 1. The number of carbonyl (C=O) groups is 1. The molecule has 0 spiro atoms. The molecule has 0 fully saturated rings. The predicted molar refractivity (Wildman–Crippen MR) is 113 cm³/mol. The fraction of sp³-hybridized carbons (Fsp3) is 0.100. The van der Waals surface area contributed by atoms with Crippen molar-refractivity contribution in [2.75, 3.05) is 5.32 Å². The molecule has 0 aliphatic carbocycles. The van der Waals surface area contributed by atoms with Gasteiger partial charge in [-0.25, -0.2) is 9.07 Å². The number of hydrogen-bond donors (Lipinski definition) is 1. The highest BCUT2D eigenvalue weighted by molar-refractivity contribution is 6.02. The zero-order valence-corrected chi connectivity index (χ0v) is 17.3. The Morgan fingerprint density at radius 2 is 1.85 bits per heavy atom. The van der Waals surface area contributed by atoms with Gasteiger partial charge in [0.1, 0.15) is 17.2 Å². The lowest BCUT2D eigenvalue weighted by molar-refractivity contribution is -0.384. The van der Waals surface area contributed by atoms with E-state index in [4.69, 9.17) is 0 Å². The summed E-state index contributed by atoms with van der Waals surface area (Å²) >= 11 is 0. The Hall–Kier alpha value is -4.81. The smallest absolute Gasteiger partial charge is 0.294 e. The van der Waals surface area contributed by atoms with Crippen LogP contribution in [0.3, 0.4) is 0 Å². The highest BCUT2D eigenvalue weighted by Gasteiger charge is 2.21. The standard InChI is InChI=1S/C20H15FN8O4/c1-11-9-18(30)19(24-27(11)15-5-3-4-6-16(15)29(32)33)20(31)22-13-7-8-14(21)17(10-13)28-12(2)23-25-26-28/h3-10H,1-2H3,(H,22,31). The number of tetrazole rings is 1. The van der Waals surface area contributed by atoms with Crippen molar-refractivity contribution in [2.24, 2.45) is 0 Å². The quantitative estimate of drug-likeness (QED) is 0.359. The van der Waals surface area contributed by atoms with E-state index in [0.717, 1.165) is 21.5 Å². The van der Waals surface area contributed by atoms with Crippen LogP contribution in [0.25, 0.3) is 11.4 Å². The molecule has 0 atom stereocenters. The fourth-order valence-electron chi connectivity index (χ4n) is 3.14. The van der Waals surface area contributed by atoms with Gasteiger partial charge in [0.15, 0.2) is 11.5 Å².